The highest BCUT2D eigenvalue weighted by Gasteiger charge is 2.22. The Morgan fingerprint density at radius 1 is 1.16 bits per heavy atom. The maximum Gasteiger partial charge on any atom is 0.233 e. The number of hydrogen-bond donors (Lipinski definition) is 1. The van der Waals surface area contributed by atoms with E-state index in [4.69, 9.17) is 11.6 Å². The van der Waals surface area contributed by atoms with Crippen LogP contribution in [0.15, 0.2) is 65.6 Å². The molecule has 0 saturated heterocycles. The summed E-state index contributed by atoms with van der Waals surface area (Å²) in [6.07, 6.45) is 11.5. The van der Waals surface area contributed by atoms with Gasteiger partial charge in [0, 0.05) is 35.2 Å². The molecule has 8 heteroatoms. The number of allylic oxidation sites excluding steroid dienone is 1. The van der Waals surface area contributed by atoms with Crippen LogP contribution in [0.1, 0.15) is 39.0 Å². The number of carbonyl (C=O) groups is 1. The Hall–Kier alpha value is -2.64. The van der Waals surface area contributed by atoms with Gasteiger partial charge >= 0.3 is 0 Å². The van der Waals surface area contributed by atoms with E-state index in [1.807, 2.05) is 47.9 Å². The minimum Gasteiger partial charge on any atom is -0.355 e. The highest BCUT2D eigenvalue weighted by atomic mass is 35.5. The van der Waals surface area contributed by atoms with Crippen molar-refractivity contribution in [2.45, 2.75) is 49.4 Å². The van der Waals surface area contributed by atoms with Crippen LogP contribution in [0.5, 0.6) is 0 Å². The number of aromatic nitrogens is 4. The van der Waals surface area contributed by atoms with Crippen LogP contribution in [0.4, 0.5) is 0 Å². The summed E-state index contributed by atoms with van der Waals surface area (Å²) in [7, 11) is 0. The quantitative estimate of drug-likeness (QED) is 0.351. The molecule has 3 aromatic rings. The molecule has 2 heterocycles. The van der Waals surface area contributed by atoms with E-state index >= 15 is 0 Å². The molecule has 1 aliphatic carbocycles. The SMILES string of the molecule is CC(Sc1nnc(-c2ccncc2)n1-c1ccc(Cl)cc1)C(=O)NCCC1=CCCCC1. The van der Waals surface area contributed by atoms with Gasteiger partial charge in [-0.05, 0) is 75.4 Å². The van der Waals surface area contributed by atoms with Gasteiger partial charge in [0.1, 0.15) is 0 Å². The van der Waals surface area contributed by atoms with Crippen molar-refractivity contribution in [3.8, 4) is 17.1 Å². The van der Waals surface area contributed by atoms with E-state index in [2.05, 4.69) is 26.6 Å². The van der Waals surface area contributed by atoms with Crippen LogP contribution >= 0.6 is 23.4 Å². The van der Waals surface area contributed by atoms with E-state index in [9.17, 15) is 4.79 Å². The molecule has 2 aromatic heterocycles. The third kappa shape index (κ3) is 5.58. The molecule has 0 radical (unpaired) electrons. The first-order valence-electron chi connectivity index (χ1n) is 10.9. The Morgan fingerprint density at radius 2 is 1.94 bits per heavy atom. The summed E-state index contributed by atoms with van der Waals surface area (Å²) < 4.78 is 1.95. The molecule has 4 rings (SSSR count). The average molecular weight is 468 g/mol. The monoisotopic (exact) mass is 467 g/mol. The van der Waals surface area contributed by atoms with E-state index < -0.39 is 0 Å². The number of nitrogens with zero attached hydrogens (tertiary/aromatic N) is 4. The fourth-order valence-electron chi connectivity index (χ4n) is 3.69. The van der Waals surface area contributed by atoms with Crippen LogP contribution in [0, 0.1) is 0 Å². The summed E-state index contributed by atoms with van der Waals surface area (Å²) in [6, 6.07) is 11.3. The second-order valence-corrected chi connectivity index (χ2v) is 9.51. The van der Waals surface area contributed by atoms with Gasteiger partial charge in [0.25, 0.3) is 0 Å². The zero-order valence-corrected chi connectivity index (χ0v) is 19.6. The molecule has 32 heavy (non-hydrogen) atoms. The largest absolute Gasteiger partial charge is 0.355 e. The molecular weight excluding hydrogens is 442 g/mol. The Morgan fingerprint density at radius 3 is 2.66 bits per heavy atom. The van der Waals surface area contributed by atoms with Crippen LogP contribution in [-0.2, 0) is 4.79 Å². The minimum absolute atomic E-state index is 0.00234. The number of carbonyl (C=O) groups excluding carboxylic acids is 1. The Labute approximate surface area is 197 Å². The van der Waals surface area contributed by atoms with Crippen molar-refractivity contribution in [1.82, 2.24) is 25.1 Å². The normalized spacial score (nSPS) is 14.6. The van der Waals surface area contributed by atoms with Crippen LogP contribution in [0.2, 0.25) is 5.02 Å². The summed E-state index contributed by atoms with van der Waals surface area (Å²) in [5.74, 6) is 0.691. The Balaban J connectivity index is 1.50. The lowest BCUT2D eigenvalue weighted by Crippen LogP contribution is -2.32. The fraction of sp³-hybridized carbons (Fsp3) is 0.333. The fourth-order valence-corrected chi connectivity index (χ4v) is 4.71. The zero-order valence-electron chi connectivity index (χ0n) is 18.0. The van der Waals surface area contributed by atoms with Crippen molar-refractivity contribution < 1.29 is 4.79 Å². The van der Waals surface area contributed by atoms with Gasteiger partial charge in [-0.15, -0.1) is 10.2 Å². The Bertz CT molecular complexity index is 1080. The molecular formula is C24H26ClN5OS. The highest BCUT2D eigenvalue weighted by Crippen LogP contribution is 2.30. The second kappa shape index (κ2) is 10.8. The molecule has 1 unspecified atom stereocenters. The Kier molecular flexibility index (Phi) is 7.60. The van der Waals surface area contributed by atoms with Crippen molar-refractivity contribution in [3.63, 3.8) is 0 Å². The van der Waals surface area contributed by atoms with Crippen molar-refractivity contribution in [3.05, 3.63) is 65.5 Å². The van der Waals surface area contributed by atoms with Gasteiger partial charge in [0.2, 0.25) is 5.91 Å². The van der Waals surface area contributed by atoms with Gasteiger partial charge < -0.3 is 5.32 Å². The molecule has 1 amide bonds. The van der Waals surface area contributed by atoms with Crippen molar-refractivity contribution in [2.75, 3.05) is 6.54 Å². The van der Waals surface area contributed by atoms with Crippen LogP contribution in [-0.4, -0.2) is 37.5 Å². The maximum atomic E-state index is 12.7. The number of amides is 1. The number of nitrogens with one attached hydrogen (secondary N) is 1. The van der Waals surface area contributed by atoms with Crippen molar-refractivity contribution in [1.29, 1.82) is 0 Å². The number of pyridine rings is 1. The lowest BCUT2D eigenvalue weighted by atomic mass is 9.97. The third-order valence-corrected chi connectivity index (χ3v) is 6.73. The van der Waals surface area contributed by atoms with E-state index in [0.29, 0.717) is 22.5 Å². The molecule has 0 fully saturated rings. The summed E-state index contributed by atoms with van der Waals surface area (Å²) >= 11 is 7.48. The molecule has 1 N–H and O–H groups in total. The summed E-state index contributed by atoms with van der Waals surface area (Å²) in [5, 5.41) is 12.9. The van der Waals surface area contributed by atoms with Crippen molar-refractivity contribution in [2.24, 2.45) is 0 Å². The van der Waals surface area contributed by atoms with Gasteiger partial charge in [-0.1, -0.05) is 35.0 Å². The number of benzene rings is 1. The first-order valence-corrected chi connectivity index (χ1v) is 12.1. The van der Waals surface area contributed by atoms with Crippen LogP contribution in [0.25, 0.3) is 17.1 Å². The first-order chi connectivity index (χ1) is 15.6. The molecule has 1 atom stereocenters. The number of halogens is 1. The molecule has 0 saturated carbocycles. The van der Waals surface area contributed by atoms with Gasteiger partial charge in [0.05, 0.1) is 5.25 Å². The molecule has 6 nitrogen and oxygen atoms in total. The third-order valence-electron chi connectivity index (χ3n) is 5.44. The van der Waals surface area contributed by atoms with E-state index in [1.165, 1.54) is 30.2 Å². The lowest BCUT2D eigenvalue weighted by Gasteiger charge is -2.15. The molecule has 0 bridgehead atoms. The standard InChI is InChI=1S/C24H26ClN5OS/c1-17(23(31)27-16-11-18-5-3-2-4-6-18)32-24-29-28-22(19-12-14-26-15-13-19)30(24)21-9-7-20(25)8-10-21/h5,7-10,12-15,17H,2-4,6,11,16H2,1H3,(H,27,31). The molecule has 1 aromatic carbocycles. The predicted molar refractivity (Wildman–Crippen MR) is 129 cm³/mol. The number of rotatable bonds is 8. The first kappa shape index (κ1) is 22.6. The molecule has 166 valence electrons. The minimum atomic E-state index is -0.309. The topological polar surface area (TPSA) is 72.7 Å². The molecule has 0 spiro atoms. The molecule has 1 aliphatic rings. The van der Waals surface area contributed by atoms with Gasteiger partial charge in [0.15, 0.2) is 11.0 Å². The number of hydrogen-bond acceptors (Lipinski definition) is 5. The lowest BCUT2D eigenvalue weighted by molar-refractivity contribution is -0.120. The van der Waals surface area contributed by atoms with Crippen LogP contribution < -0.4 is 5.32 Å². The van der Waals surface area contributed by atoms with Gasteiger partial charge in [-0.3, -0.25) is 14.3 Å². The van der Waals surface area contributed by atoms with Crippen LogP contribution in [0.3, 0.4) is 0 Å². The zero-order chi connectivity index (χ0) is 22.3. The van der Waals surface area contributed by atoms with E-state index in [0.717, 1.165) is 30.5 Å². The highest BCUT2D eigenvalue weighted by molar-refractivity contribution is 8.00. The maximum absolute atomic E-state index is 12.7. The number of thioether (sulfide) groups is 1. The summed E-state index contributed by atoms with van der Waals surface area (Å²) in [5.41, 5.74) is 3.24. The molecule has 0 aliphatic heterocycles. The smallest absolute Gasteiger partial charge is 0.233 e. The van der Waals surface area contributed by atoms with Gasteiger partial charge in [-0.25, -0.2) is 0 Å². The average Bonchev–Trinajstić information content (AvgIpc) is 3.24. The summed E-state index contributed by atoms with van der Waals surface area (Å²) in [6.45, 7) is 2.56. The van der Waals surface area contributed by atoms with E-state index in [-0.39, 0.29) is 11.2 Å². The summed E-state index contributed by atoms with van der Waals surface area (Å²) in [4.78, 5) is 16.8. The second-order valence-electron chi connectivity index (χ2n) is 7.76. The van der Waals surface area contributed by atoms with E-state index in [1.54, 1.807) is 12.4 Å². The van der Waals surface area contributed by atoms with Gasteiger partial charge in [-0.2, -0.15) is 0 Å². The van der Waals surface area contributed by atoms with Crippen molar-refractivity contribution >= 4 is 29.3 Å². The predicted octanol–water partition coefficient (Wildman–Crippen LogP) is 5.47.